The molecule has 0 radical (unpaired) electrons. The topological polar surface area (TPSA) is 66.1 Å². The highest BCUT2D eigenvalue weighted by Crippen LogP contribution is 2.27. The van der Waals surface area contributed by atoms with Gasteiger partial charge in [-0.25, -0.2) is 9.78 Å². The summed E-state index contributed by atoms with van der Waals surface area (Å²) in [7, 11) is 0. The maximum absolute atomic E-state index is 11.6. The number of hydrogen-bond donors (Lipinski definition) is 3. The van der Waals surface area contributed by atoms with E-state index < -0.39 is 0 Å². The van der Waals surface area contributed by atoms with Gasteiger partial charge in [-0.1, -0.05) is 23.2 Å². The molecule has 2 aromatic rings. The smallest absolute Gasteiger partial charge is 0.319 e. The Hall–Kier alpha value is -1.98. The van der Waals surface area contributed by atoms with Crippen molar-refractivity contribution in [1.82, 2.24) is 10.3 Å². The summed E-state index contributed by atoms with van der Waals surface area (Å²) in [5.41, 5.74) is 1.26. The molecule has 3 N–H and O–H groups in total. The Morgan fingerprint density at radius 3 is 2.59 bits per heavy atom. The molecule has 1 aromatic heterocycles. The molecule has 2 amide bonds. The largest absolute Gasteiger partial charge is 0.339 e. The van der Waals surface area contributed by atoms with Gasteiger partial charge in [-0.2, -0.15) is 0 Å². The molecule has 0 aliphatic heterocycles. The van der Waals surface area contributed by atoms with Gasteiger partial charge in [0.15, 0.2) is 0 Å². The van der Waals surface area contributed by atoms with Gasteiger partial charge in [0, 0.05) is 11.1 Å². The number of nitrogens with zero attached hydrogens (tertiary/aromatic N) is 1. The van der Waals surface area contributed by atoms with Crippen LogP contribution in [0.5, 0.6) is 0 Å². The molecule has 116 valence electrons. The van der Waals surface area contributed by atoms with E-state index in [2.05, 4.69) is 20.9 Å². The quantitative estimate of drug-likeness (QED) is 0.759. The number of benzene rings is 1. The van der Waals surface area contributed by atoms with Crippen molar-refractivity contribution in [3.8, 4) is 0 Å². The number of halogens is 2. The molecular weight excluding hydrogens is 323 g/mol. The van der Waals surface area contributed by atoms with E-state index in [0.717, 1.165) is 0 Å². The van der Waals surface area contributed by atoms with Gasteiger partial charge in [0.1, 0.15) is 5.82 Å². The first-order chi connectivity index (χ1) is 10.4. The van der Waals surface area contributed by atoms with Crippen LogP contribution in [0.4, 0.5) is 22.0 Å². The fraction of sp³-hybridized carbons (Fsp3) is 0.200. The molecule has 1 aromatic carbocycles. The summed E-state index contributed by atoms with van der Waals surface area (Å²) in [5, 5.41) is 9.63. The number of anilines is 3. The molecule has 1 heterocycles. The highest BCUT2D eigenvalue weighted by molar-refractivity contribution is 6.35. The van der Waals surface area contributed by atoms with Gasteiger partial charge in [0.25, 0.3) is 0 Å². The van der Waals surface area contributed by atoms with Crippen molar-refractivity contribution in [2.24, 2.45) is 0 Å². The van der Waals surface area contributed by atoms with E-state index in [0.29, 0.717) is 27.2 Å². The third kappa shape index (κ3) is 4.79. The van der Waals surface area contributed by atoms with Gasteiger partial charge in [0.2, 0.25) is 0 Å². The zero-order valence-corrected chi connectivity index (χ0v) is 13.7. The van der Waals surface area contributed by atoms with Crippen molar-refractivity contribution < 1.29 is 4.79 Å². The first-order valence-electron chi connectivity index (χ1n) is 6.69. The van der Waals surface area contributed by atoms with Crippen LogP contribution in [0.2, 0.25) is 10.0 Å². The number of urea groups is 1. The van der Waals surface area contributed by atoms with Crippen LogP contribution in [0, 0.1) is 0 Å². The Kier molecular flexibility index (Phi) is 5.46. The van der Waals surface area contributed by atoms with Gasteiger partial charge >= 0.3 is 6.03 Å². The summed E-state index contributed by atoms with van der Waals surface area (Å²) >= 11 is 12.0. The molecule has 5 nitrogen and oxygen atoms in total. The average molecular weight is 339 g/mol. The Balaban J connectivity index is 2.03. The number of amides is 2. The summed E-state index contributed by atoms with van der Waals surface area (Å²) in [6.07, 6.45) is 1.56. The van der Waals surface area contributed by atoms with E-state index in [9.17, 15) is 4.79 Å². The van der Waals surface area contributed by atoms with Gasteiger partial charge < -0.3 is 16.0 Å². The lowest BCUT2D eigenvalue weighted by Crippen LogP contribution is -2.34. The number of pyridine rings is 1. The van der Waals surface area contributed by atoms with Crippen LogP contribution in [-0.2, 0) is 0 Å². The van der Waals surface area contributed by atoms with Crippen LogP contribution in [-0.4, -0.2) is 17.1 Å². The molecule has 0 saturated heterocycles. The monoisotopic (exact) mass is 338 g/mol. The summed E-state index contributed by atoms with van der Waals surface area (Å²) < 4.78 is 0. The highest BCUT2D eigenvalue weighted by Gasteiger charge is 2.05. The molecular formula is C15H16Cl2N4O. The maximum atomic E-state index is 11.6. The summed E-state index contributed by atoms with van der Waals surface area (Å²) in [6, 6.07) is 8.42. The van der Waals surface area contributed by atoms with E-state index in [1.807, 2.05) is 13.8 Å². The zero-order valence-electron chi connectivity index (χ0n) is 12.2. The van der Waals surface area contributed by atoms with Crippen LogP contribution < -0.4 is 16.0 Å². The fourth-order valence-corrected chi connectivity index (χ4v) is 2.04. The molecule has 0 unspecified atom stereocenters. The second-order valence-electron chi connectivity index (χ2n) is 4.93. The molecule has 0 saturated carbocycles. The van der Waals surface area contributed by atoms with E-state index >= 15 is 0 Å². The van der Waals surface area contributed by atoms with Crippen molar-refractivity contribution in [3.05, 3.63) is 46.6 Å². The number of nitrogens with one attached hydrogen (secondary N) is 3. The van der Waals surface area contributed by atoms with Crippen molar-refractivity contribution in [1.29, 1.82) is 0 Å². The summed E-state index contributed by atoms with van der Waals surface area (Å²) in [6.45, 7) is 3.78. The van der Waals surface area contributed by atoms with E-state index in [-0.39, 0.29) is 12.1 Å². The SMILES string of the molecule is CC(C)NC(=O)Nc1ccc(Nc2cc(Cl)ccc2Cl)nc1. The summed E-state index contributed by atoms with van der Waals surface area (Å²) in [4.78, 5) is 15.8. The molecule has 0 spiro atoms. The Morgan fingerprint density at radius 2 is 1.95 bits per heavy atom. The first kappa shape index (κ1) is 16.4. The third-order valence-electron chi connectivity index (χ3n) is 2.63. The van der Waals surface area contributed by atoms with E-state index in [4.69, 9.17) is 23.2 Å². The number of carbonyl (C=O) groups excluding carboxylic acids is 1. The Bertz CT molecular complexity index is 659. The lowest BCUT2D eigenvalue weighted by Gasteiger charge is -2.11. The van der Waals surface area contributed by atoms with Crippen LogP contribution in [0.15, 0.2) is 36.5 Å². The predicted octanol–water partition coefficient (Wildman–Crippen LogP) is 4.66. The Morgan fingerprint density at radius 1 is 1.18 bits per heavy atom. The molecule has 0 atom stereocenters. The molecule has 0 bridgehead atoms. The summed E-state index contributed by atoms with van der Waals surface area (Å²) in [5.74, 6) is 0.596. The standard InChI is InChI=1S/C15H16Cl2N4O/c1-9(2)19-15(22)20-11-4-6-14(18-8-11)21-13-7-10(16)3-5-12(13)17/h3-9H,1-2H3,(H,18,21)(H2,19,20,22). The maximum Gasteiger partial charge on any atom is 0.319 e. The van der Waals surface area contributed by atoms with Crippen LogP contribution in [0.25, 0.3) is 0 Å². The van der Waals surface area contributed by atoms with Crippen LogP contribution in [0.3, 0.4) is 0 Å². The molecule has 7 heteroatoms. The minimum Gasteiger partial charge on any atom is -0.339 e. The molecule has 22 heavy (non-hydrogen) atoms. The highest BCUT2D eigenvalue weighted by atomic mass is 35.5. The molecule has 0 aliphatic carbocycles. The number of carbonyl (C=O) groups is 1. The van der Waals surface area contributed by atoms with Crippen molar-refractivity contribution in [3.63, 3.8) is 0 Å². The first-order valence-corrected chi connectivity index (χ1v) is 7.45. The average Bonchev–Trinajstić information content (AvgIpc) is 2.44. The van der Waals surface area contributed by atoms with Gasteiger partial charge in [0.05, 0.1) is 22.6 Å². The minimum absolute atomic E-state index is 0.0684. The van der Waals surface area contributed by atoms with Crippen LogP contribution in [0.1, 0.15) is 13.8 Å². The predicted molar refractivity (Wildman–Crippen MR) is 91.3 cm³/mol. The second-order valence-corrected chi connectivity index (χ2v) is 5.78. The lowest BCUT2D eigenvalue weighted by molar-refractivity contribution is 0.250. The van der Waals surface area contributed by atoms with Crippen molar-refractivity contribution in [2.75, 3.05) is 10.6 Å². The normalized spacial score (nSPS) is 10.4. The number of rotatable bonds is 4. The van der Waals surface area contributed by atoms with E-state index in [1.165, 1.54) is 0 Å². The Labute approximate surface area is 139 Å². The van der Waals surface area contributed by atoms with E-state index in [1.54, 1.807) is 36.5 Å². The molecule has 0 aliphatic rings. The van der Waals surface area contributed by atoms with Gasteiger partial charge in [-0.05, 0) is 44.2 Å². The lowest BCUT2D eigenvalue weighted by atomic mass is 10.3. The molecule has 2 rings (SSSR count). The number of aromatic nitrogens is 1. The second kappa shape index (κ2) is 7.33. The van der Waals surface area contributed by atoms with Crippen LogP contribution >= 0.6 is 23.2 Å². The third-order valence-corrected chi connectivity index (χ3v) is 3.20. The van der Waals surface area contributed by atoms with Crippen molar-refractivity contribution in [2.45, 2.75) is 19.9 Å². The minimum atomic E-state index is -0.268. The number of hydrogen-bond acceptors (Lipinski definition) is 3. The molecule has 0 fully saturated rings. The zero-order chi connectivity index (χ0) is 16.1. The fourth-order valence-electron chi connectivity index (χ4n) is 1.70. The van der Waals surface area contributed by atoms with Crippen molar-refractivity contribution >= 4 is 46.4 Å². The van der Waals surface area contributed by atoms with Gasteiger partial charge in [-0.3, -0.25) is 0 Å². The van der Waals surface area contributed by atoms with Gasteiger partial charge in [-0.15, -0.1) is 0 Å².